The third kappa shape index (κ3) is 53.1. The maximum absolute atomic E-state index is 13.0. The van der Waals surface area contributed by atoms with Gasteiger partial charge in [0.25, 0.3) is 0 Å². The van der Waals surface area contributed by atoms with Gasteiger partial charge < -0.3 is 19.8 Å². The second-order valence-corrected chi connectivity index (χ2v) is 23.5. The Kier molecular flexibility index (Phi) is 50.1. The lowest BCUT2D eigenvalue weighted by Gasteiger charge is -2.26. The number of phosphoric ester groups is 1. The normalized spacial score (nSPS) is 13.8. The van der Waals surface area contributed by atoms with Crippen molar-refractivity contribution in [3.8, 4) is 0 Å². The number of aliphatic hydroxyl groups is 1. The molecule has 0 saturated heterocycles. The van der Waals surface area contributed by atoms with Crippen molar-refractivity contribution in [2.75, 3.05) is 40.9 Å². The summed E-state index contributed by atoms with van der Waals surface area (Å²) >= 11 is 0. The van der Waals surface area contributed by atoms with Crippen LogP contribution < -0.4 is 5.32 Å². The minimum absolute atomic E-state index is 0.0791. The summed E-state index contributed by atoms with van der Waals surface area (Å²) in [5.41, 5.74) is 0. The Morgan fingerprint density at radius 1 is 0.448 bits per heavy atom. The smallest absolute Gasteiger partial charge is 0.391 e. The predicted molar refractivity (Wildman–Crippen MR) is 291 cm³/mol. The summed E-state index contributed by atoms with van der Waals surface area (Å²) in [7, 11) is 1.64. The number of aliphatic hydroxyl groups excluding tert-OH is 1. The Hall–Kier alpha value is -0.500. The van der Waals surface area contributed by atoms with Crippen molar-refractivity contribution in [2.45, 2.75) is 328 Å². The van der Waals surface area contributed by atoms with E-state index < -0.39 is 20.0 Å². The van der Waals surface area contributed by atoms with Gasteiger partial charge in [-0.1, -0.05) is 296 Å². The highest BCUT2D eigenvalue weighted by molar-refractivity contribution is 7.47. The molecular formula is C58H120N2O6P+. The van der Waals surface area contributed by atoms with Gasteiger partial charge in [0.05, 0.1) is 39.9 Å². The quantitative estimate of drug-likeness (QED) is 0.0319. The van der Waals surface area contributed by atoms with Crippen LogP contribution >= 0.6 is 7.82 Å². The molecule has 0 rings (SSSR count). The van der Waals surface area contributed by atoms with Gasteiger partial charge in [0.2, 0.25) is 5.91 Å². The second kappa shape index (κ2) is 50.4. The van der Waals surface area contributed by atoms with Crippen molar-refractivity contribution in [1.82, 2.24) is 5.32 Å². The molecule has 0 saturated carbocycles. The number of hydrogen-bond donors (Lipinski definition) is 3. The molecule has 3 atom stereocenters. The molecule has 0 heterocycles. The van der Waals surface area contributed by atoms with Gasteiger partial charge in [-0.3, -0.25) is 13.8 Å². The summed E-state index contributed by atoms with van der Waals surface area (Å²) in [6.45, 7) is 4.94. The summed E-state index contributed by atoms with van der Waals surface area (Å²) in [6, 6.07) is -0.755. The summed E-state index contributed by atoms with van der Waals surface area (Å²) < 4.78 is 23.8. The summed E-state index contributed by atoms with van der Waals surface area (Å²) in [4.78, 5) is 23.3. The van der Waals surface area contributed by atoms with E-state index in [9.17, 15) is 19.4 Å². The van der Waals surface area contributed by atoms with Crippen molar-refractivity contribution < 1.29 is 32.9 Å². The molecule has 9 heteroatoms. The third-order valence-electron chi connectivity index (χ3n) is 14.1. The predicted octanol–water partition coefficient (Wildman–Crippen LogP) is 18.0. The van der Waals surface area contributed by atoms with E-state index in [4.69, 9.17) is 9.05 Å². The summed E-state index contributed by atoms with van der Waals surface area (Å²) in [6.07, 6.45) is 60.3. The fourth-order valence-electron chi connectivity index (χ4n) is 9.40. The second-order valence-electron chi connectivity index (χ2n) is 22.1. The first kappa shape index (κ1) is 66.5. The first-order chi connectivity index (χ1) is 32.5. The average Bonchev–Trinajstić information content (AvgIpc) is 3.29. The van der Waals surface area contributed by atoms with E-state index in [1.807, 2.05) is 21.1 Å². The Labute approximate surface area is 419 Å². The highest BCUT2D eigenvalue weighted by Crippen LogP contribution is 2.43. The number of amides is 1. The molecule has 0 bridgehead atoms. The van der Waals surface area contributed by atoms with E-state index in [2.05, 4.69) is 19.2 Å². The molecule has 0 aliphatic heterocycles. The fourth-order valence-corrected chi connectivity index (χ4v) is 10.1. The Morgan fingerprint density at radius 3 is 1.00 bits per heavy atom. The van der Waals surface area contributed by atoms with Crippen LogP contribution in [0, 0.1) is 0 Å². The largest absolute Gasteiger partial charge is 0.472 e. The molecule has 0 aromatic carbocycles. The number of carbonyl (C=O) groups excluding carboxylic acids is 1. The molecule has 0 aromatic heterocycles. The molecule has 0 radical (unpaired) electrons. The van der Waals surface area contributed by atoms with E-state index in [1.54, 1.807) is 0 Å². The Morgan fingerprint density at radius 2 is 0.716 bits per heavy atom. The van der Waals surface area contributed by atoms with E-state index in [0.717, 1.165) is 38.5 Å². The van der Waals surface area contributed by atoms with Crippen molar-refractivity contribution >= 4 is 13.7 Å². The Balaban J connectivity index is 4.02. The van der Waals surface area contributed by atoms with Crippen LogP contribution in [0.15, 0.2) is 0 Å². The van der Waals surface area contributed by atoms with Gasteiger partial charge >= 0.3 is 7.82 Å². The molecule has 67 heavy (non-hydrogen) atoms. The first-order valence-corrected chi connectivity index (χ1v) is 31.4. The summed E-state index contributed by atoms with van der Waals surface area (Å²) in [5, 5.41) is 14.1. The van der Waals surface area contributed by atoms with Crippen LogP contribution in [0.1, 0.15) is 316 Å². The number of phosphoric acid groups is 1. The highest BCUT2D eigenvalue weighted by atomic mass is 31.2. The van der Waals surface area contributed by atoms with Crippen LogP contribution in [0.25, 0.3) is 0 Å². The zero-order valence-corrected chi connectivity index (χ0v) is 46.8. The zero-order valence-electron chi connectivity index (χ0n) is 45.9. The van der Waals surface area contributed by atoms with Gasteiger partial charge in [-0.25, -0.2) is 4.57 Å². The number of nitrogens with zero attached hydrogens (tertiary/aromatic N) is 1. The monoisotopic (exact) mass is 972 g/mol. The van der Waals surface area contributed by atoms with Crippen molar-refractivity contribution in [3.05, 3.63) is 0 Å². The maximum atomic E-state index is 13.0. The van der Waals surface area contributed by atoms with Crippen LogP contribution in [-0.4, -0.2) is 73.4 Å². The fraction of sp³-hybridized carbons (Fsp3) is 0.983. The molecule has 8 nitrogen and oxygen atoms in total. The maximum Gasteiger partial charge on any atom is 0.472 e. The van der Waals surface area contributed by atoms with Gasteiger partial charge in [0, 0.05) is 6.42 Å². The minimum Gasteiger partial charge on any atom is -0.391 e. The zero-order chi connectivity index (χ0) is 49.2. The molecule has 0 fully saturated rings. The topological polar surface area (TPSA) is 105 Å². The lowest BCUT2D eigenvalue weighted by Crippen LogP contribution is -2.46. The van der Waals surface area contributed by atoms with E-state index >= 15 is 0 Å². The Bertz CT molecular complexity index is 1060. The lowest BCUT2D eigenvalue weighted by atomic mass is 10.0. The van der Waals surface area contributed by atoms with Gasteiger partial charge in [-0.05, 0) is 12.8 Å². The number of carbonyl (C=O) groups is 1. The average molecular weight is 973 g/mol. The standard InChI is InChI=1S/C58H119N2O6P/c1-6-8-10-12-14-16-18-20-22-24-25-26-27-28-29-30-31-32-33-34-35-36-38-40-42-44-46-48-50-52-58(62)59-56(55-66-67(63,64)65-54-53-60(3,4)5)57(61)51-49-47-45-43-41-39-37-23-21-19-17-15-13-11-9-7-2/h56-57,61H,6-55H2,1-5H3,(H-,59,62,63,64)/p+1/t56-,57+/m0/s1. The number of nitrogens with one attached hydrogen (secondary N) is 1. The molecule has 402 valence electrons. The van der Waals surface area contributed by atoms with E-state index in [0.29, 0.717) is 23.9 Å². The van der Waals surface area contributed by atoms with Crippen molar-refractivity contribution in [3.63, 3.8) is 0 Å². The summed E-state index contributed by atoms with van der Waals surface area (Å²) in [5.74, 6) is -0.136. The molecule has 0 aliphatic carbocycles. The molecule has 1 unspecified atom stereocenters. The van der Waals surface area contributed by atoms with Gasteiger partial charge in [-0.2, -0.15) is 0 Å². The van der Waals surface area contributed by atoms with Crippen molar-refractivity contribution in [1.29, 1.82) is 0 Å². The molecular weight excluding hydrogens is 852 g/mol. The number of likely N-dealkylation sites (N-methyl/N-ethyl adjacent to an activating group) is 1. The van der Waals surface area contributed by atoms with Crippen LogP contribution in [0.2, 0.25) is 0 Å². The third-order valence-corrected chi connectivity index (χ3v) is 15.1. The SMILES string of the molecule is CCCCCCCCCCCCCCCCCCCCCCCCCCCCCCCC(=O)N[C@@H](COP(=O)(O)OCC[N+](C)(C)C)[C@H](O)CCCCCCCCCCCCCCCCCC. The van der Waals surface area contributed by atoms with E-state index in [1.165, 1.54) is 250 Å². The van der Waals surface area contributed by atoms with Crippen LogP contribution in [0.5, 0.6) is 0 Å². The van der Waals surface area contributed by atoms with Crippen LogP contribution in [0.3, 0.4) is 0 Å². The van der Waals surface area contributed by atoms with Crippen LogP contribution in [-0.2, 0) is 18.4 Å². The highest BCUT2D eigenvalue weighted by Gasteiger charge is 2.28. The number of quaternary nitrogens is 1. The minimum atomic E-state index is -4.32. The molecule has 0 aromatic rings. The molecule has 0 spiro atoms. The number of hydrogen-bond acceptors (Lipinski definition) is 5. The molecule has 0 aliphatic rings. The lowest BCUT2D eigenvalue weighted by molar-refractivity contribution is -0.870. The van der Waals surface area contributed by atoms with Gasteiger partial charge in [0.1, 0.15) is 13.2 Å². The van der Waals surface area contributed by atoms with E-state index in [-0.39, 0.29) is 19.1 Å². The van der Waals surface area contributed by atoms with Gasteiger partial charge in [0.15, 0.2) is 0 Å². The molecule has 3 N–H and O–H groups in total. The van der Waals surface area contributed by atoms with Crippen LogP contribution in [0.4, 0.5) is 0 Å². The first-order valence-electron chi connectivity index (χ1n) is 29.9. The number of unbranched alkanes of at least 4 members (excludes halogenated alkanes) is 43. The van der Waals surface area contributed by atoms with Gasteiger partial charge in [-0.15, -0.1) is 0 Å². The number of rotatable bonds is 56. The molecule has 1 amide bonds. The van der Waals surface area contributed by atoms with Crippen molar-refractivity contribution in [2.24, 2.45) is 0 Å².